The molecule has 0 radical (unpaired) electrons. The minimum atomic E-state index is -0.822. The summed E-state index contributed by atoms with van der Waals surface area (Å²) in [5.41, 5.74) is 5.77. The topological polar surface area (TPSA) is 75.3 Å². The average Bonchev–Trinajstić information content (AvgIpc) is 2.33. The van der Waals surface area contributed by atoms with Crippen molar-refractivity contribution in [2.24, 2.45) is 0 Å². The van der Waals surface area contributed by atoms with Crippen LogP contribution in [0.15, 0.2) is 36.4 Å². The molecule has 0 saturated heterocycles. The van der Waals surface area contributed by atoms with Gasteiger partial charge in [0.05, 0.1) is 10.7 Å². The second kappa shape index (κ2) is 5.16. The van der Waals surface area contributed by atoms with Gasteiger partial charge in [0, 0.05) is 5.69 Å². The SMILES string of the molecule is Nc1ccc(Cl)c(NC(=O)c2c(O)cccc2F)c1. The van der Waals surface area contributed by atoms with E-state index in [4.69, 9.17) is 17.3 Å². The molecule has 0 spiro atoms. The first kappa shape index (κ1) is 13.2. The number of nitrogens with one attached hydrogen (secondary N) is 1. The minimum absolute atomic E-state index is 0.245. The van der Waals surface area contributed by atoms with Gasteiger partial charge in [-0.1, -0.05) is 17.7 Å². The van der Waals surface area contributed by atoms with Crippen molar-refractivity contribution in [1.29, 1.82) is 0 Å². The van der Waals surface area contributed by atoms with E-state index in [1.54, 1.807) is 6.07 Å². The van der Waals surface area contributed by atoms with Gasteiger partial charge in [-0.3, -0.25) is 4.79 Å². The smallest absolute Gasteiger partial charge is 0.262 e. The number of phenols is 1. The number of benzene rings is 2. The van der Waals surface area contributed by atoms with E-state index in [9.17, 15) is 14.3 Å². The van der Waals surface area contributed by atoms with E-state index in [1.807, 2.05) is 0 Å². The Morgan fingerprint density at radius 3 is 2.74 bits per heavy atom. The number of hydrogen-bond acceptors (Lipinski definition) is 3. The maximum atomic E-state index is 13.5. The third kappa shape index (κ3) is 2.77. The van der Waals surface area contributed by atoms with Gasteiger partial charge in [-0.05, 0) is 30.3 Å². The molecule has 0 aliphatic rings. The molecule has 0 aliphatic heterocycles. The largest absolute Gasteiger partial charge is 0.507 e. The molecule has 0 fully saturated rings. The van der Waals surface area contributed by atoms with E-state index in [2.05, 4.69) is 5.32 Å². The number of hydrogen-bond donors (Lipinski definition) is 3. The van der Waals surface area contributed by atoms with Gasteiger partial charge in [0.25, 0.3) is 5.91 Å². The Morgan fingerprint density at radius 1 is 1.32 bits per heavy atom. The first-order valence-corrected chi connectivity index (χ1v) is 5.70. The summed E-state index contributed by atoms with van der Waals surface area (Å²) >= 11 is 5.88. The molecule has 98 valence electrons. The summed E-state index contributed by atoms with van der Waals surface area (Å²) in [7, 11) is 0. The number of nitrogen functional groups attached to an aromatic ring is 1. The van der Waals surface area contributed by atoms with Crippen LogP contribution in [-0.4, -0.2) is 11.0 Å². The number of amides is 1. The third-order valence-electron chi connectivity index (χ3n) is 2.46. The highest BCUT2D eigenvalue weighted by Gasteiger charge is 2.17. The molecule has 0 bridgehead atoms. The molecule has 2 aromatic rings. The van der Waals surface area contributed by atoms with Gasteiger partial charge >= 0.3 is 0 Å². The highest BCUT2D eigenvalue weighted by Crippen LogP contribution is 2.26. The molecule has 0 aliphatic carbocycles. The predicted molar refractivity (Wildman–Crippen MR) is 71.9 cm³/mol. The van der Waals surface area contributed by atoms with Crippen molar-refractivity contribution < 1.29 is 14.3 Å². The van der Waals surface area contributed by atoms with Crippen molar-refractivity contribution in [1.82, 2.24) is 0 Å². The first-order valence-electron chi connectivity index (χ1n) is 5.33. The van der Waals surface area contributed by atoms with Crippen LogP contribution in [0.1, 0.15) is 10.4 Å². The Balaban J connectivity index is 2.34. The van der Waals surface area contributed by atoms with E-state index in [0.717, 1.165) is 6.07 Å². The third-order valence-corrected chi connectivity index (χ3v) is 2.79. The zero-order valence-electron chi connectivity index (χ0n) is 9.65. The molecular weight excluding hydrogens is 271 g/mol. The van der Waals surface area contributed by atoms with Crippen LogP contribution in [0.4, 0.5) is 15.8 Å². The van der Waals surface area contributed by atoms with Gasteiger partial charge in [-0.25, -0.2) is 4.39 Å². The van der Waals surface area contributed by atoms with Crippen LogP contribution in [0.2, 0.25) is 5.02 Å². The number of carbonyl (C=O) groups excluding carboxylic acids is 1. The fourth-order valence-electron chi connectivity index (χ4n) is 1.56. The van der Waals surface area contributed by atoms with Crippen LogP contribution in [0.5, 0.6) is 5.75 Å². The summed E-state index contributed by atoms with van der Waals surface area (Å²) < 4.78 is 13.5. The molecule has 1 amide bonds. The molecule has 4 N–H and O–H groups in total. The lowest BCUT2D eigenvalue weighted by atomic mass is 10.1. The Labute approximate surface area is 113 Å². The number of rotatable bonds is 2. The lowest BCUT2D eigenvalue weighted by molar-refractivity contribution is 0.102. The molecular formula is C13H10ClFN2O2. The minimum Gasteiger partial charge on any atom is -0.507 e. The summed E-state index contributed by atoms with van der Waals surface area (Å²) in [4.78, 5) is 11.9. The maximum absolute atomic E-state index is 13.5. The van der Waals surface area contributed by atoms with Gasteiger partial charge in [0.1, 0.15) is 17.1 Å². The van der Waals surface area contributed by atoms with Crippen molar-refractivity contribution in [3.63, 3.8) is 0 Å². The van der Waals surface area contributed by atoms with Crippen molar-refractivity contribution in [3.8, 4) is 5.75 Å². The molecule has 2 aromatic carbocycles. The quantitative estimate of drug-likeness (QED) is 0.740. The highest BCUT2D eigenvalue weighted by molar-refractivity contribution is 6.34. The summed E-state index contributed by atoms with van der Waals surface area (Å²) in [5, 5.41) is 12.2. The molecule has 0 aromatic heterocycles. The van der Waals surface area contributed by atoms with Gasteiger partial charge in [-0.15, -0.1) is 0 Å². The van der Waals surface area contributed by atoms with Crippen LogP contribution < -0.4 is 11.1 Å². The first-order chi connectivity index (χ1) is 8.99. The molecule has 19 heavy (non-hydrogen) atoms. The van der Waals surface area contributed by atoms with Crippen LogP contribution in [0.3, 0.4) is 0 Å². The van der Waals surface area contributed by atoms with Gasteiger partial charge in [0.15, 0.2) is 0 Å². The van der Waals surface area contributed by atoms with Crippen LogP contribution in [0, 0.1) is 5.82 Å². The lowest BCUT2D eigenvalue weighted by Crippen LogP contribution is -2.14. The van der Waals surface area contributed by atoms with Gasteiger partial charge < -0.3 is 16.2 Å². The van der Waals surface area contributed by atoms with Crippen LogP contribution >= 0.6 is 11.6 Å². The Kier molecular flexibility index (Phi) is 3.57. The number of halogens is 2. The zero-order valence-corrected chi connectivity index (χ0v) is 10.4. The average molecular weight is 281 g/mol. The van der Waals surface area contributed by atoms with Crippen molar-refractivity contribution in [2.45, 2.75) is 0 Å². The summed E-state index contributed by atoms with van der Waals surface area (Å²) in [5.74, 6) is -2.07. The summed E-state index contributed by atoms with van der Waals surface area (Å²) in [6, 6.07) is 8.12. The van der Waals surface area contributed by atoms with Crippen molar-refractivity contribution in [2.75, 3.05) is 11.1 Å². The monoisotopic (exact) mass is 280 g/mol. The number of phenolic OH excluding ortho intramolecular Hbond substituents is 1. The van der Waals surface area contributed by atoms with E-state index >= 15 is 0 Å². The Hall–Kier alpha value is -2.27. The summed E-state index contributed by atoms with van der Waals surface area (Å²) in [6.45, 7) is 0. The lowest BCUT2D eigenvalue weighted by Gasteiger charge is -2.09. The molecule has 0 unspecified atom stereocenters. The standard InChI is InChI=1S/C13H10ClFN2O2/c14-8-5-4-7(16)6-10(8)17-13(19)12-9(15)2-1-3-11(12)18/h1-6,18H,16H2,(H,17,19). The molecule has 2 rings (SSSR count). The van der Waals surface area contributed by atoms with E-state index in [1.165, 1.54) is 24.3 Å². The number of anilines is 2. The molecule has 6 heteroatoms. The van der Waals surface area contributed by atoms with Crippen LogP contribution in [-0.2, 0) is 0 Å². The second-order valence-electron chi connectivity index (χ2n) is 3.83. The highest BCUT2D eigenvalue weighted by atomic mass is 35.5. The maximum Gasteiger partial charge on any atom is 0.262 e. The van der Waals surface area contributed by atoms with E-state index < -0.39 is 23.0 Å². The molecule has 4 nitrogen and oxygen atoms in total. The molecule has 0 heterocycles. The number of nitrogens with two attached hydrogens (primary N) is 1. The molecule has 0 atom stereocenters. The van der Waals surface area contributed by atoms with E-state index in [0.29, 0.717) is 5.69 Å². The van der Waals surface area contributed by atoms with Gasteiger partial charge in [0.2, 0.25) is 0 Å². The zero-order chi connectivity index (χ0) is 14.0. The Morgan fingerprint density at radius 2 is 2.05 bits per heavy atom. The van der Waals surface area contributed by atoms with Gasteiger partial charge in [-0.2, -0.15) is 0 Å². The van der Waals surface area contributed by atoms with Crippen molar-refractivity contribution in [3.05, 3.63) is 52.8 Å². The normalized spacial score (nSPS) is 10.2. The number of carbonyl (C=O) groups is 1. The van der Waals surface area contributed by atoms with Crippen molar-refractivity contribution >= 4 is 28.9 Å². The molecule has 0 saturated carbocycles. The fourth-order valence-corrected chi connectivity index (χ4v) is 1.73. The number of aromatic hydroxyl groups is 1. The van der Waals surface area contributed by atoms with E-state index in [-0.39, 0.29) is 10.7 Å². The fraction of sp³-hybridized carbons (Fsp3) is 0. The van der Waals surface area contributed by atoms with Crippen LogP contribution in [0.25, 0.3) is 0 Å². The summed E-state index contributed by atoms with van der Waals surface area (Å²) in [6.07, 6.45) is 0. The second-order valence-corrected chi connectivity index (χ2v) is 4.23. The predicted octanol–water partition coefficient (Wildman–Crippen LogP) is 3.02. The Bertz CT molecular complexity index is 626.